The highest BCUT2D eigenvalue weighted by atomic mass is 16.6. The fourth-order valence-electron chi connectivity index (χ4n) is 6.86. The van der Waals surface area contributed by atoms with E-state index in [1.165, 1.54) is 9.80 Å². The average molecular weight is 821 g/mol. The fraction of sp³-hybridized carbons (Fsp3) is 0.396. The second-order valence-electron chi connectivity index (χ2n) is 15.8. The molecule has 0 bridgehead atoms. The maximum absolute atomic E-state index is 13.5. The molecule has 0 spiro atoms. The van der Waals surface area contributed by atoms with Crippen molar-refractivity contribution in [2.45, 2.75) is 90.2 Å². The number of amides is 4. The van der Waals surface area contributed by atoms with E-state index in [1.807, 2.05) is 121 Å². The topological polar surface area (TPSA) is 138 Å². The minimum atomic E-state index is -0.755. The van der Waals surface area contributed by atoms with Crippen LogP contribution in [0.5, 0.6) is 0 Å². The van der Waals surface area contributed by atoms with E-state index in [1.54, 1.807) is 20.8 Å². The lowest BCUT2D eigenvalue weighted by Crippen LogP contribution is -2.44. The summed E-state index contributed by atoms with van der Waals surface area (Å²) in [7, 11) is 0. The van der Waals surface area contributed by atoms with E-state index in [0.29, 0.717) is 39.1 Å². The zero-order valence-electron chi connectivity index (χ0n) is 34.7. The smallest absolute Gasteiger partial charge is 0.416 e. The van der Waals surface area contributed by atoms with Crippen LogP contribution in [-0.4, -0.2) is 83.9 Å². The van der Waals surface area contributed by atoms with Crippen molar-refractivity contribution in [2.24, 2.45) is 5.92 Å². The molecule has 2 heterocycles. The van der Waals surface area contributed by atoms with Gasteiger partial charge in [-0.05, 0) is 68.7 Å². The molecule has 2 fully saturated rings. The quantitative estimate of drug-likeness (QED) is 0.0550. The van der Waals surface area contributed by atoms with Gasteiger partial charge in [-0.1, -0.05) is 121 Å². The van der Waals surface area contributed by atoms with Crippen molar-refractivity contribution in [3.63, 3.8) is 0 Å². The number of rotatable bonds is 18. The van der Waals surface area contributed by atoms with Gasteiger partial charge in [-0.25, -0.2) is 19.4 Å². The lowest BCUT2D eigenvalue weighted by atomic mass is 9.98. The summed E-state index contributed by atoms with van der Waals surface area (Å²) >= 11 is 0. The Morgan fingerprint density at radius 1 is 0.633 bits per heavy atom. The zero-order valence-corrected chi connectivity index (χ0v) is 34.7. The number of ether oxygens (including phenoxy) is 5. The molecular weight excluding hydrogens is 765 g/mol. The van der Waals surface area contributed by atoms with E-state index in [9.17, 15) is 24.0 Å². The summed E-state index contributed by atoms with van der Waals surface area (Å²) in [5.41, 5.74) is 3.53. The van der Waals surface area contributed by atoms with E-state index in [0.717, 1.165) is 22.3 Å². The second-order valence-corrected chi connectivity index (χ2v) is 15.8. The van der Waals surface area contributed by atoms with Crippen LogP contribution in [0.2, 0.25) is 0 Å². The van der Waals surface area contributed by atoms with E-state index in [-0.39, 0.29) is 51.0 Å². The first-order valence-electron chi connectivity index (χ1n) is 20.5. The van der Waals surface area contributed by atoms with Crippen LogP contribution in [0.1, 0.15) is 68.7 Å². The van der Waals surface area contributed by atoms with Crippen molar-refractivity contribution in [1.29, 1.82) is 0 Å². The summed E-state index contributed by atoms with van der Waals surface area (Å²) in [5.74, 6) is -1.87. The highest BCUT2D eigenvalue weighted by molar-refractivity contribution is 5.96. The van der Waals surface area contributed by atoms with Gasteiger partial charge >= 0.3 is 18.2 Å². The fourth-order valence-corrected chi connectivity index (χ4v) is 6.86. The number of carbonyl (C=O) groups excluding carboxylic acids is 5. The van der Waals surface area contributed by atoms with Crippen LogP contribution in [0.3, 0.4) is 0 Å². The van der Waals surface area contributed by atoms with Crippen molar-refractivity contribution >= 4 is 30.0 Å². The first-order chi connectivity index (χ1) is 29.0. The summed E-state index contributed by atoms with van der Waals surface area (Å²) in [6, 6.07) is 38.4. The lowest BCUT2D eigenvalue weighted by Gasteiger charge is -2.26. The molecule has 4 aromatic carbocycles. The van der Waals surface area contributed by atoms with E-state index >= 15 is 0 Å². The second kappa shape index (κ2) is 23.1. The molecule has 12 heteroatoms. The first kappa shape index (κ1) is 45.2. The van der Waals surface area contributed by atoms with Crippen LogP contribution in [-0.2, 0) is 64.1 Å². The average Bonchev–Trinajstić information content (AvgIpc) is 3.79. The van der Waals surface area contributed by atoms with Crippen molar-refractivity contribution in [1.82, 2.24) is 9.80 Å². The number of imide groups is 2. The SMILES string of the molecule is CC(C)(C)OC(=O)CC(CCOCc1ccccc1)C(=O)N1C(=O)OC[C@@H]1Cc1ccccc1.O=C(CCCOCc1ccccc1)N1C(=O)OC[C@@H]1Cc1ccccc1. The molecule has 1 unspecified atom stereocenters. The van der Waals surface area contributed by atoms with E-state index in [2.05, 4.69) is 0 Å². The van der Waals surface area contributed by atoms with Gasteiger partial charge in [0.25, 0.3) is 0 Å². The Balaban J connectivity index is 0.000000236. The Morgan fingerprint density at radius 2 is 1.07 bits per heavy atom. The van der Waals surface area contributed by atoms with Crippen LogP contribution < -0.4 is 0 Å². The third kappa shape index (κ3) is 14.8. The third-order valence-corrected chi connectivity index (χ3v) is 9.75. The minimum Gasteiger partial charge on any atom is -0.460 e. The van der Waals surface area contributed by atoms with Gasteiger partial charge in [0.15, 0.2) is 0 Å². The molecule has 3 atom stereocenters. The van der Waals surface area contributed by atoms with Crippen LogP contribution >= 0.6 is 0 Å². The molecule has 2 saturated heterocycles. The summed E-state index contributed by atoms with van der Waals surface area (Å²) < 4.78 is 27.1. The van der Waals surface area contributed by atoms with Crippen molar-refractivity contribution < 1.29 is 47.7 Å². The molecule has 0 aliphatic carbocycles. The molecule has 0 saturated carbocycles. The van der Waals surface area contributed by atoms with Gasteiger partial charge in [0, 0.05) is 19.6 Å². The van der Waals surface area contributed by atoms with Crippen molar-refractivity contribution in [2.75, 3.05) is 26.4 Å². The van der Waals surface area contributed by atoms with Gasteiger partial charge in [0.05, 0.1) is 37.6 Å². The molecular formula is C48H56N2O10. The number of carbonyl (C=O) groups is 5. The van der Waals surface area contributed by atoms with Crippen molar-refractivity contribution in [3.05, 3.63) is 144 Å². The van der Waals surface area contributed by atoms with Crippen LogP contribution in [0, 0.1) is 5.92 Å². The predicted octanol–water partition coefficient (Wildman–Crippen LogP) is 8.10. The summed E-state index contributed by atoms with van der Waals surface area (Å²) in [4.78, 5) is 65.4. The van der Waals surface area contributed by atoms with Gasteiger partial charge < -0.3 is 23.7 Å². The maximum Gasteiger partial charge on any atom is 0.416 e. The summed E-state index contributed by atoms with van der Waals surface area (Å²) in [5, 5.41) is 0. The number of hydrogen-bond donors (Lipinski definition) is 0. The standard InChI is InChI=1S/C27H33NO6.C21H23NO4/c1-27(2,3)34-24(29)17-22(14-15-32-18-21-12-8-5-9-13-21)25(30)28-23(19-33-26(28)31)16-20-10-6-4-7-11-20;23-20(12-7-13-25-15-18-10-5-2-6-11-18)22-19(16-26-21(22)24)14-17-8-3-1-4-9-17/h4-13,22-23H,14-19H2,1-3H3;1-6,8-11,19H,7,12-16H2/t22?,23-;19-/m00/s1. The van der Waals surface area contributed by atoms with Crippen LogP contribution in [0.4, 0.5) is 9.59 Å². The molecule has 12 nitrogen and oxygen atoms in total. The first-order valence-corrected chi connectivity index (χ1v) is 20.5. The molecule has 0 aromatic heterocycles. The largest absolute Gasteiger partial charge is 0.460 e. The van der Waals surface area contributed by atoms with Gasteiger partial charge in [0.2, 0.25) is 11.8 Å². The summed E-state index contributed by atoms with van der Waals surface area (Å²) in [6.45, 7) is 7.38. The van der Waals surface area contributed by atoms with E-state index < -0.39 is 41.6 Å². The number of esters is 1. The van der Waals surface area contributed by atoms with Gasteiger partial charge in [0.1, 0.15) is 18.8 Å². The summed E-state index contributed by atoms with van der Waals surface area (Å²) in [6.07, 6.45) is 0.888. The minimum absolute atomic E-state index is 0.128. The molecule has 60 heavy (non-hydrogen) atoms. The zero-order chi connectivity index (χ0) is 42.7. The highest BCUT2D eigenvalue weighted by Crippen LogP contribution is 2.25. The van der Waals surface area contributed by atoms with Gasteiger partial charge in [-0.2, -0.15) is 0 Å². The third-order valence-electron chi connectivity index (χ3n) is 9.75. The normalized spacial score (nSPS) is 16.6. The maximum atomic E-state index is 13.5. The molecule has 0 N–H and O–H groups in total. The van der Waals surface area contributed by atoms with Crippen molar-refractivity contribution in [3.8, 4) is 0 Å². The van der Waals surface area contributed by atoms with E-state index in [4.69, 9.17) is 23.7 Å². The Kier molecular flexibility index (Phi) is 17.4. The number of nitrogens with zero attached hydrogens (tertiary/aromatic N) is 2. The molecule has 0 radical (unpaired) electrons. The number of hydrogen-bond acceptors (Lipinski definition) is 10. The molecule has 2 aliphatic heterocycles. The Hall–Kier alpha value is -5.85. The predicted molar refractivity (Wildman–Crippen MR) is 224 cm³/mol. The highest BCUT2D eigenvalue weighted by Gasteiger charge is 2.42. The Morgan fingerprint density at radius 3 is 1.55 bits per heavy atom. The number of cyclic esters (lactones) is 2. The van der Waals surface area contributed by atoms with Gasteiger partial charge in [-0.3, -0.25) is 14.4 Å². The monoisotopic (exact) mass is 820 g/mol. The molecule has 6 rings (SSSR count). The number of benzene rings is 4. The lowest BCUT2D eigenvalue weighted by molar-refractivity contribution is -0.158. The Labute approximate surface area is 352 Å². The molecule has 4 aromatic rings. The Bertz CT molecular complexity index is 1950. The molecule has 2 aliphatic rings. The van der Waals surface area contributed by atoms with Gasteiger partial charge in [-0.15, -0.1) is 0 Å². The molecule has 4 amide bonds. The van der Waals surface area contributed by atoms with Crippen LogP contribution in [0.25, 0.3) is 0 Å². The molecule has 318 valence electrons. The van der Waals surface area contributed by atoms with Crippen LogP contribution in [0.15, 0.2) is 121 Å².